The van der Waals surface area contributed by atoms with Crippen LogP contribution in [0.5, 0.6) is 0 Å². The Labute approximate surface area is 186 Å². The van der Waals surface area contributed by atoms with E-state index in [2.05, 4.69) is 0 Å². The second kappa shape index (κ2) is 7.83. The standard InChI is InChI=1S/C26H10F8/c27-18-10-12(20(28)24(32)22(18)30)5-4-11-2-1-3-14-13(11)6-8-16-15(14)7-9-17-19(16)23(31)26(34)25(33)21(17)29/h1-10H. The first kappa shape index (κ1) is 21.9. The Morgan fingerprint density at radius 2 is 0.971 bits per heavy atom. The lowest BCUT2D eigenvalue weighted by Gasteiger charge is -2.11. The van der Waals surface area contributed by atoms with Gasteiger partial charge in [-0.15, -0.1) is 0 Å². The monoisotopic (exact) mass is 474 g/mol. The van der Waals surface area contributed by atoms with E-state index in [9.17, 15) is 35.1 Å². The highest BCUT2D eigenvalue weighted by Gasteiger charge is 2.22. The number of benzene rings is 5. The molecule has 170 valence electrons. The largest absolute Gasteiger partial charge is 0.204 e. The fourth-order valence-corrected chi connectivity index (χ4v) is 4.08. The quantitative estimate of drug-likeness (QED) is 0.0792. The summed E-state index contributed by atoms with van der Waals surface area (Å²) in [4.78, 5) is 0. The molecule has 0 spiro atoms. The fraction of sp³-hybridized carbons (Fsp3) is 0. The number of halogens is 8. The molecule has 0 aromatic heterocycles. The molecule has 5 rings (SSSR count). The van der Waals surface area contributed by atoms with Crippen molar-refractivity contribution in [2.75, 3.05) is 0 Å². The smallest absolute Gasteiger partial charge is 0.198 e. The molecule has 0 aliphatic rings. The molecular weight excluding hydrogens is 464 g/mol. The van der Waals surface area contributed by atoms with Gasteiger partial charge in [0.05, 0.1) is 0 Å². The van der Waals surface area contributed by atoms with E-state index in [-0.39, 0.29) is 5.39 Å². The molecule has 0 bridgehead atoms. The summed E-state index contributed by atoms with van der Waals surface area (Å²) in [7, 11) is 0. The molecule has 0 atom stereocenters. The number of fused-ring (bicyclic) bond motifs is 5. The van der Waals surface area contributed by atoms with Gasteiger partial charge in [-0.2, -0.15) is 0 Å². The summed E-state index contributed by atoms with van der Waals surface area (Å²) >= 11 is 0. The minimum absolute atomic E-state index is 0.134. The lowest BCUT2D eigenvalue weighted by atomic mass is 9.94. The van der Waals surface area contributed by atoms with Crippen LogP contribution < -0.4 is 0 Å². The zero-order chi connectivity index (χ0) is 24.3. The SMILES string of the molecule is Fc1cc(C=Cc2cccc3c2ccc2c3ccc3c(F)c(F)c(F)c(F)c32)c(F)c(F)c1F. The summed E-state index contributed by atoms with van der Waals surface area (Å²) < 4.78 is 111. The maximum Gasteiger partial charge on any atom is 0.198 e. The third-order valence-electron chi connectivity index (χ3n) is 5.70. The summed E-state index contributed by atoms with van der Waals surface area (Å²) in [6, 6.07) is 10.8. The predicted molar refractivity (Wildman–Crippen MR) is 114 cm³/mol. The predicted octanol–water partition coefficient (Wildman–Crippen LogP) is 8.43. The van der Waals surface area contributed by atoms with Crippen LogP contribution in [0.4, 0.5) is 35.1 Å². The molecule has 0 saturated heterocycles. The topological polar surface area (TPSA) is 0 Å². The molecule has 0 saturated carbocycles. The molecule has 0 unspecified atom stereocenters. The molecule has 5 aromatic carbocycles. The van der Waals surface area contributed by atoms with Crippen molar-refractivity contribution in [3.63, 3.8) is 0 Å². The summed E-state index contributed by atoms with van der Waals surface area (Å²) in [6.45, 7) is 0. The number of hydrogen-bond donors (Lipinski definition) is 0. The van der Waals surface area contributed by atoms with Gasteiger partial charge in [-0.1, -0.05) is 54.6 Å². The first-order chi connectivity index (χ1) is 16.2. The van der Waals surface area contributed by atoms with E-state index in [0.717, 1.165) is 12.1 Å². The van der Waals surface area contributed by atoms with E-state index in [1.807, 2.05) is 0 Å². The minimum atomic E-state index is -1.94. The van der Waals surface area contributed by atoms with Gasteiger partial charge in [-0.25, -0.2) is 35.1 Å². The van der Waals surface area contributed by atoms with E-state index in [4.69, 9.17) is 0 Å². The van der Waals surface area contributed by atoms with Crippen molar-refractivity contribution in [3.8, 4) is 0 Å². The molecule has 8 heteroatoms. The van der Waals surface area contributed by atoms with Crippen LogP contribution in [0.15, 0.2) is 48.5 Å². The summed E-state index contributed by atoms with van der Waals surface area (Å²) in [5.74, 6) is -13.8. The van der Waals surface area contributed by atoms with Gasteiger partial charge in [0.1, 0.15) is 0 Å². The molecule has 0 heterocycles. The molecule has 0 radical (unpaired) electrons. The molecule has 5 aromatic rings. The van der Waals surface area contributed by atoms with Crippen LogP contribution in [0, 0.1) is 46.5 Å². The molecule has 0 N–H and O–H groups in total. The van der Waals surface area contributed by atoms with Gasteiger partial charge in [0.15, 0.2) is 46.5 Å². The Hall–Kier alpha value is -3.94. The highest BCUT2D eigenvalue weighted by Crippen LogP contribution is 2.37. The van der Waals surface area contributed by atoms with E-state index >= 15 is 0 Å². The van der Waals surface area contributed by atoms with Gasteiger partial charge in [0.2, 0.25) is 0 Å². The fourth-order valence-electron chi connectivity index (χ4n) is 4.08. The maximum atomic E-state index is 14.6. The molecule has 34 heavy (non-hydrogen) atoms. The van der Waals surface area contributed by atoms with E-state index in [0.29, 0.717) is 27.8 Å². The van der Waals surface area contributed by atoms with E-state index in [1.165, 1.54) is 24.3 Å². The van der Waals surface area contributed by atoms with Gasteiger partial charge in [0, 0.05) is 16.3 Å². The van der Waals surface area contributed by atoms with Crippen molar-refractivity contribution in [2.45, 2.75) is 0 Å². The molecule has 0 aliphatic heterocycles. The minimum Gasteiger partial charge on any atom is -0.204 e. The van der Waals surface area contributed by atoms with Crippen LogP contribution in [0.2, 0.25) is 0 Å². The van der Waals surface area contributed by atoms with Gasteiger partial charge in [-0.3, -0.25) is 0 Å². The van der Waals surface area contributed by atoms with Crippen LogP contribution in [-0.4, -0.2) is 0 Å². The third-order valence-corrected chi connectivity index (χ3v) is 5.70. The Balaban J connectivity index is 1.73. The Bertz CT molecular complexity index is 1690. The Morgan fingerprint density at radius 1 is 0.412 bits per heavy atom. The van der Waals surface area contributed by atoms with Crippen LogP contribution in [0.3, 0.4) is 0 Å². The van der Waals surface area contributed by atoms with Crippen molar-refractivity contribution in [2.24, 2.45) is 0 Å². The molecular formula is C26H10F8. The molecule has 0 nitrogen and oxygen atoms in total. The second-order valence-corrected chi connectivity index (χ2v) is 7.57. The van der Waals surface area contributed by atoms with Gasteiger partial charge in [-0.05, 0) is 33.2 Å². The molecule has 0 fully saturated rings. The van der Waals surface area contributed by atoms with Crippen LogP contribution in [0.1, 0.15) is 11.1 Å². The number of rotatable bonds is 2. The zero-order valence-electron chi connectivity index (χ0n) is 16.8. The van der Waals surface area contributed by atoms with Crippen molar-refractivity contribution < 1.29 is 35.1 Å². The van der Waals surface area contributed by atoms with Gasteiger partial charge < -0.3 is 0 Å². The van der Waals surface area contributed by atoms with Crippen molar-refractivity contribution in [3.05, 3.63) is 106 Å². The Morgan fingerprint density at radius 3 is 1.74 bits per heavy atom. The molecule has 0 amide bonds. The zero-order valence-corrected chi connectivity index (χ0v) is 16.8. The van der Waals surface area contributed by atoms with Crippen LogP contribution >= 0.6 is 0 Å². The van der Waals surface area contributed by atoms with Crippen molar-refractivity contribution in [1.29, 1.82) is 0 Å². The maximum absolute atomic E-state index is 14.6. The highest BCUT2D eigenvalue weighted by atomic mass is 19.2. The second-order valence-electron chi connectivity index (χ2n) is 7.57. The molecule has 0 aliphatic carbocycles. The Kier molecular flexibility index (Phi) is 5.04. The lowest BCUT2D eigenvalue weighted by Crippen LogP contribution is -1.98. The van der Waals surface area contributed by atoms with Gasteiger partial charge >= 0.3 is 0 Å². The van der Waals surface area contributed by atoms with Crippen molar-refractivity contribution >= 4 is 44.5 Å². The van der Waals surface area contributed by atoms with Crippen LogP contribution in [0.25, 0.3) is 44.5 Å². The summed E-state index contributed by atoms with van der Waals surface area (Å²) in [6.07, 6.45) is 2.41. The average molecular weight is 474 g/mol. The first-order valence-electron chi connectivity index (χ1n) is 9.82. The first-order valence-corrected chi connectivity index (χ1v) is 9.82. The third kappa shape index (κ3) is 3.13. The summed E-state index contributed by atoms with van der Waals surface area (Å²) in [5, 5.41) is 0.747. The number of hydrogen-bond acceptors (Lipinski definition) is 0. The average Bonchev–Trinajstić information content (AvgIpc) is 2.85. The summed E-state index contributed by atoms with van der Waals surface area (Å²) in [5.41, 5.74) is -0.0591. The van der Waals surface area contributed by atoms with Gasteiger partial charge in [0.25, 0.3) is 0 Å². The normalized spacial score (nSPS) is 12.0. The van der Waals surface area contributed by atoms with E-state index in [1.54, 1.807) is 18.2 Å². The van der Waals surface area contributed by atoms with E-state index < -0.39 is 62.9 Å². The van der Waals surface area contributed by atoms with Crippen molar-refractivity contribution in [1.82, 2.24) is 0 Å². The van der Waals surface area contributed by atoms with Crippen LogP contribution in [-0.2, 0) is 0 Å². The highest BCUT2D eigenvalue weighted by molar-refractivity contribution is 6.18. The lowest BCUT2D eigenvalue weighted by molar-refractivity contribution is 0.408.